The summed E-state index contributed by atoms with van der Waals surface area (Å²) in [4.78, 5) is 22.8. The minimum atomic E-state index is -0.0764. The average molecular weight is 332 g/mol. The van der Waals surface area contributed by atoms with E-state index in [1.807, 2.05) is 12.1 Å². The standard InChI is InChI=1S/C19H28N2O3/c22-14-21-17(12-15-6-9-18(23)10-7-15)8-11-19(24)20-13-16-4-2-1-3-5-16/h6-7,9-10,14,16-17,23H,1-5,8,11-13H2,(H,20,24)(H,21,22)/t17-/m1/s1. The molecule has 5 nitrogen and oxygen atoms in total. The van der Waals surface area contributed by atoms with Gasteiger partial charge in [0.15, 0.2) is 0 Å². The van der Waals surface area contributed by atoms with Gasteiger partial charge in [-0.15, -0.1) is 0 Å². The summed E-state index contributed by atoms with van der Waals surface area (Å²) in [5.74, 6) is 0.910. The molecule has 1 aromatic carbocycles. The number of aromatic hydroxyl groups is 1. The molecule has 1 fully saturated rings. The summed E-state index contributed by atoms with van der Waals surface area (Å²) >= 11 is 0. The molecule has 0 unspecified atom stereocenters. The Morgan fingerprint density at radius 2 is 1.92 bits per heavy atom. The fourth-order valence-electron chi connectivity index (χ4n) is 3.30. The Labute approximate surface area is 143 Å². The molecule has 0 bridgehead atoms. The number of nitrogens with one attached hydrogen (secondary N) is 2. The summed E-state index contributed by atoms with van der Waals surface area (Å²) in [5, 5.41) is 15.1. The Kier molecular flexibility index (Phi) is 7.59. The van der Waals surface area contributed by atoms with Crippen molar-refractivity contribution in [2.75, 3.05) is 6.54 Å². The SMILES string of the molecule is O=CN[C@H](CCC(=O)NCC1CCCCC1)Cc1ccc(O)cc1. The summed E-state index contributed by atoms with van der Waals surface area (Å²) < 4.78 is 0. The van der Waals surface area contributed by atoms with Gasteiger partial charge in [0.05, 0.1) is 0 Å². The van der Waals surface area contributed by atoms with Crippen molar-refractivity contribution in [3.63, 3.8) is 0 Å². The number of hydrogen-bond acceptors (Lipinski definition) is 3. The third-order valence-corrected chi connectivity index (χ3v) is 4.75. The number of carbonyl (C=O) groups excluding carboxylic acids is 2. The van der Waals surface area contributed by atoms with Crippen molar-refractivity contribution in [1.29, 1.82) is 0 Å². The lowest BCUT2D eigenvalue weighted by Crippen LogP contribution is -2.34. The molecule has 0 radical (unpaired) electrons. The van der Waals surface area contributed by atoms with Crippen LogP contribution in [0.1, 0.15) is 50.5 Å². The molecule has 0 spiro atoms. The highest BCUT2D eigenvalue weighted by atomic mass is 16.3. The lowest BCUT2D eigenvalue weighted by atomic mass is 9.89. The molecular formula is C19H28N2O3. The zero-order chi connectivity index (χ0) is 17.2. The zero-order valence-electron chi connectivity index (χ0n) is 14.2. The van der Waals surface area contributed by atoms with Crippen LogP contribution in [0.4, 0.5) is 0 Å². The minimum Gasteiger partial charge on any atom is -0.508 e. The smallest absolute Gasteiger partial charge is 0.220 e. The number of carbonyl (C=O) groups is 2. The van der Waals surface area contributed by atoms with E-state index < -0.39 is 0 Å². The third kappa shape index (κ3) is 6.60. The van der Waals surface area contributed by atoms with Gasteiger partial charge in [0.2, 0.25) is 12.3 Å². The van der Waals surface area contributed by atoms with Gasteiger partial charge in [0.25, 0.3) is 0 Å². The minimum absolute atomic E-state index is 0.0592. The molecule has 24 heavy (non-hydrogen) atoms. The Morgan fingerprint density at radius 1 is 1.21 bits per heavy atom. The van der Waals surface area contributed by atoms with Crippen LogP contribution in [0.15, 0.2) is 24.3 Å². The number of amides is 2. The van der Waals surface area contributed by atoms with E-state index in [0.717, 1.165) is 12.1 Å². The summed E-state index contributed by atoms with van der Waals surface area (Å²) in [6.45, 7) is 0.780. The largest absolute Gasteiger partial charge is 0.508 e. The van der Waals surface area contributed by atoms with E-state index in [1.54, 1.807) is 12.1 Å². The summed E-state index contributed by atoms with van der Waals surface area (Å²) in [6.07, 6.45) is 8.66. The van der Waals surface area contributed by atoms with Crippen LogP contribution in [0, 0.1) is 5.92 Å². The monoisotopic (exact) mass is 332 g/mol. The predicted octanol–water partition coefficient (Wildman–Crippen LogP) is 2.53. The first-order valence-electron chi connectivity index (χ1n) is 8.91. The Morgan fingerprint density at radius 3 is 2.58 bits per heavy atom. The second-order valence-corrected chi connectivity index (χ2v) is 6.70. The Bertz CT molecular complexity index is 510. The second-order valence-electron chi connectivity index (χ2n) is 6.70. The first kappa shape index (κ1) is 18.3. The van der Waals surface area contributed by atoms with Crippen molar-refractivity contribution in [2.45, 2.75) is 57.4 Å². The van der Waals surface area contributed by atoms with Crippen molar-refractivity contribution in [2.24, 2.45) is 5.92 Å². The van der Waals surface area contributed by atoms with Gasteiger partial charge in [-0.2, -0.15) is 0 Å². The lowest BCUT2D eigenvalue weighted by molar-refractivity contribution is -0.121. The molecule has 0 aromatic heterocycles. The van der Waals surface area contributed by atoms with E-state index in [9.17, 15) is 14.7 Å². The molecule has 1 aliphatic carbocycles. The predicted molar refractivity (Wildman–Crippen MR) is 93.6 cm³/mol. The maximum atomic E-state index is 12.0. The van der Waals surface area contributed by atoms with Crippen molar-refractivity contribution < 1.29 is 14.7 Å². The lowest BCUT2D eigenvalue weighted by Gasteiger charge is -2.22. The molecule has 1 atom stereocenters. The molecule has 2 amide bonds. The van der Waals surface area contributed by atoms with E-state index in [-0.39, 0.29) is 17.7 Å². The van der Waals surface area contributed by atoms with Gasteiger partial charge in [-0.05, 0) is 49.3 Å². The first-order chi connectivity index (χ1) is 11.7. The maximum Gasteiger partial charge on any atom is 0.220 e. The van der Waals surface area contributed by atoms with Crippen molar-refractivity contribution in [3.8, 4) is 5.75 Å². The number of hydrogen-bond donors (Lipinski definition) is 3. The highest BCUT2D eigenvalue weighted by molar-refractivity contribution is 5.75. The van der Waals surface area contributed by atoms with E-state index in [1.165, 1.54) is 32.1 Å². The van der Waals surface area contributed by atoms with Crippen LogP contribution in [-0.4, -0.2) is 30.0 Å². The van der Waals surface area contributed by atoms with Gasteiger partial charge in [-0.25, -0.2) is 0 Å². The highest BCUT2D eigenvalue weighted by Crippen LogP contribution is 2.22. The molecule has 132 valence electrons. The van der Waals surface area contributed by atoms with Gasteiger partial charge in [0, 0.05) is 19.0 Å². The van der Waals surface area contributed by atoms with Crippen LogP contribution in [0.2, 0.25) is 0 Å². The fourth-order valence-corrected chi connectivity index (χ4v) is 3.30. The van der Waals surface area contributed by atoms with Gasteiger partial charge >= 0.3 is 0 Å². The van der Waals surface area contributed by atoms with Gasteiger partial charge in [-0.1, -0.05) is 31.4 Å². The molecular weight excluding hydrogens is 304 g/mol. The van der Waals surface area contributed by atoms with Crippen LogP contribution < -0.4 is 10.6 Å². The number of phenolic OH excluding ortho intramolecular Hbond substituents is 1. The molecule has 1 aromatic rings. The molecule has 5 heteroatoms. The summed E-state index contributed by atoms with van der Waals surface area (Å²) in [6, 6.07) is 6.84. The van der Waals surface area contributed by atoms with Crippen LogP contribution in [-0.2, 0) is 16.0 Å². The Hall–Kier alpha value is -2.04. The van der Waals surface area contributed by atoms with Crippen LogP contribution >= 0.6 is 0 Å². The number of rotatable bonds is 9. The van der Waals surface area contributed by atoms with E-state index >= 15 is 0 Å². The first-order valence-corrected chi connectivity index (χ1v) is 8.91. The molecule has 0 heterocycles. The molecule has 3 N–H and O–H groups in total. The zero-order valence-corrected chi connectivity index (χ0v) is 14.2. The Balaban J connectivity index is 1.72. The van der Waals surface area contributed by atoms with Crippen molar-refractivity contribution in [3.05, 3.63) is 29.8 Å². The normalized spacial score (nSPS) is 16.3. The van der Waals surface area contributed by atoms with Crippen LogP contribution in [0.25, 0.3) is 0 Å². The maximum absolute atomic E-state index is 12.0. The van der Waals surface area contributed by atoms with Crippen LogP contribution in [0.3, 0.4) is 0 Å². The number of phenols is 1. The van der Waals surface area contributed by atoms with Gasteiger partial charge in [0.1, 0.15) is 5.75 Å². The summed E-state index contributed by atoms with van der Waals surface area (Å²) in [7, 11) is 0. The van der Waals surface area contributed by atoms with E-state index in [4.69, 9.17) is 0 Å². The van der Waals surface area contributed by atoms with Crippen molar-refractivity contribution in [1.82, 2.24) is 10.6 Å². The fraction of sp³-hybridized carbons (Fsp3) is 0.579. The number of benzene rings is 1. The van der Waals surface area contributed by atoms with Crippen LogP contribution in [0.5, 0.6) is 5.75 Å². The van der Waals surface area contributed by atoms with Crippen molar-refractivity contribution >= 4 is 12.3 Å². The van der Waals surface area contributed by atoms with Gasteiger partial charge in [-0.3, -0.25) is 9.59 Å². The molecule has 0 saturated heterocycles. The third-order valence-electron chi connectivity index (χ3n) is 4.75. The second kappa shape index (κ2) is 9.96. The summed E-state index contributed by atoms with van der Waals surface area (Å²) in [5.41, 5.74) is 1.02. The van der Waals surface area contributed by atoms with E-state index in [2.05, 4.69) is 10.6 Å². The highest BCUT2D eigenvalue weighted by Gasteiger charge is 2.15. The average Bonchev–Trinajstić information content (AvgIpc) is 2.61. The molecule has 2 rings (SSSR count). The van der Waals surface area contributed by atoms with E-state index in [0.29, 0.717) is 31.6 Å². The van der Waals surface area contributed by atoms with Gasteiger partial charge < -0.3 is 15.7 Å². The molecule has 1 aliphatic rings. The molecule has 1 saturated carbocycles. The topological polar surface area (TPSA) is 78.4 Å². The molecule has 0 aliphatic heterocycles. The quantitative estimate of drug-likeness (QED) is 0.608.